The molecule has 7 heteroatoms. The van der Waals surface area contributed by atoms with Crippen molar-refractivity contribution in [2.75, 3.05) is 33.2 Å². The highest BCUT2D eigenvalue weighted by atomic mass is 16.6. The summed E-state index contributed by atoms with van der Waals surface area (Å²) in [5, 5.41) is 0. The molecular formula is C18H27N3O4. The summed E-state index contributed by atoms with van der Waals surface area (Å²) in [6.45, 7) is 6.60. The van der Waals surface area contributed by atoms with Crippen molar-refractivity contribution in [1.29, 1.82) is 0 Å². The van der Waals surface area contributed by atoms with Crippen LogP contribution in [0.5, 0.6) is 5.75 Å². The van der Waals surface area contributed by atoms with Crippen LogP contribution in [0, 0.1) is 0 Å². The Kier molecular flexibility index (Phi) is 6.78. The second-order valence-corrected chi connectivity index (χ2v) is 6.60. The molecule has 0 spiro atoms. The van der Waals surface area contributed by atoms with Gasteiger partial charge in [0.2, 0.25) is 0 Å². The zero-order chi connectivity index (χ0) is 18.4. The average molecular weight is 349 g/mol. The molecule has 1 aromatic carbocycles. The molecule has 1 heterocycles. The number of ether oxygens (including phenoxy) is 2. The highest BCUT2D eigenvalue weighted by Crippen LogP contribution is 2.15. The van der Waals surface area contributed by atoms with Crippen molar-refractivity contribution < 1.29 is 19.1 Å². The van der Waals surface area contributed by atoms with Crippen LogP contribution in [0.25, 0.3) is 0 Å². The third-order valence-electron chi connectivity index (χ3n) is 4.00. The number of rotatable bonds is 5. The second kappa shape index (κ2) is 8.82. The fraction of sp³-hybridized carbons (Fsp3) is 0.556. The van der Waals surface area contributed by atoms with Gasteiger partial charge in [-0.25, -0.2) is 4.79 Å². The van der Waals surface area contributed by atoms with Gasteiger partial charge in [0.1, 0.15) is 11.8 Å². The van der Waals surface area contributed by atoms with E-state index in [-0.39, 0.29) is 12.2 Å². The number of benzene rings is 1. The summed E-state index contributed by atoms with van der Waals surface area (Å²) in [7, 11) is 2.03. The monoisotopic (exact) mass is 349 g/mol. The highest BCUT2D eigenvalue weighted by molar-refractivity contribution is 5.76. The molecule has 1 aliphatic rings. The van der Waals surface area contributed by atoms with Crippen LogP contribution in [0.1, 0.15) is 19.4 Å². The smallest absolute Gasteiger partial charge is 0.415 e. The second-order valence-electron chi connectivity index (χ2n) is 6.60. The standard InChI is InChI=1S/C18H27N3O4/c1-13(2)24-17(22)16(19)12-14-4-6-15(7-5-14)25-18(23)21-10-8-20(3)9-11-21/h4-7,13,16H,8-12,19H2,1-3H3. The highest BCUT2D eigenvalue weighted by Gasteiger charge is 2.21. The van der Waals surface area contributed by atoms with Gasteiger partial charge in [-0.05, 0) is 45.0 Å². The Labute approximate surface area is 148 Å². The molecule has 0 aliphatic carbocycles. The van der Waals surface area contributed by atoms with Gasteiger partial charge in [0.25, 0.3) is 0 Å². The van der Waals surface area contributed by atoms with Crippen LogP contribution < -0.4 is 10.5 Å². The van der Waals surface area contributed by atoms with Crippen molar-refractivity contribution in [1.82, 2.24) is 9.80 Å². The summed E-state index contributed by atoms with van der Waals surface area (Å²) in [6, 6.07) is 6.32. The minimum atomic E-state index is -0.707. The number of hydrogen-bond acceptors (Lipinski definition) is 6. The van der Waals surface area contributed by atoms with E-state index in [1.165, 1.54) is 0 Å². The van der Waals surface area contributed by atoms with Gasteiger partial charge in [-0.3, -0.25) is 4.79 Å². The van der Waals surface area contributed by atoms with Crippen LogP contribution in [-0.4, -0.2) is 67.2 Å². The Hall–Kier alpha value is -2.12. The third-order valence-corrected chi connectivity index (χ3v) is 4.00. The van der Waals surface area contributed by atoms with Crippen molar-refractivity contribution in [3.8, 4) is 5.75 Å². The van der Waals surface area contributed by atoms with Crippen molar-refractivity contribution in [3.05, 3.63) is 29.8 Å². The molecule has 7 nitrogen and oxygen atoms in total. The van der Waals surface area contributed by atoms with Crippen molar-refractivity contribution in [2.45, 2.75) is 32.4 Å². The number of carbonyl (C=O) groups is 2. The van der Waals surface area contributed by atoms with E-state index >= 15 is 0 Å². The van der Waals surface area contributed by atoms with Crippen LogP contribution in [0.3, 0.4) is 0 Å². The molecule has 0 radical (unpaired) electrons. The van der Waals surface area contributed by atoms with Crippen molar-refractivity contribution >= 4 is 12.1 Å². The minimum Gasteiger partial charge on any atom is -0.462 e. The number of nitrogens with zero attached hydrogens (tertiary/aromatic N) is 2. The fourth-order valence-electron chi connectivity index (χ4n) is 2.50. The number of nitrogens with two attached hydrogens (primary N) is 1. The molecule has 1 fully saturated rings. The minimum absolute atomic E-state index is 0.185. The zero-order valence-electron chi connectivity index (χ0n) is 15.1. The first-order valence-corrected chi connectivity index (χ1v) is 8.55. The van der Waals surface area contributed by atoms with Gasteiger partial charge in [0.05, 0.1) is 6.10 Å². The SMILES string of the molecule is CC(C)OC(=O)C(N)Cc1ccc(OC(=O)N2CCN(C)CC2)cc1. The largest absolute Gasteiger partial charge is 0.462 e. The van der Waals surface area contributed by atoms with E-state index in [0.29, 0.717) is 25.3 Å². The van der Waals surface area contributed by atoms with E-state index in [1.807, 2.05) is 7.05 Å². The van der Waals surface area contributed by atoms with Gasteiger partial charge in [0.15, 0.2) is 0 Å². The molecule has 1 atom stereocenters. The van der Waals surface area contributed by atoms with Gasteiger partial charge in [-0.1, -0.05) is 12.1 Å². The maximum atomic E-state index is 12.1. The van der Waals surface area contributed by atoms with Crippen LogP contribution in [0.15, 0.2) is 24.3 Å². The molecule has 0 aromatic heterocycles. The molecule has 1 aromatic rings. The molecule has 1 amide bonds. The molecule has 25 heavy (non-hydrogen) atoms. The van der Waals surface area contributed by atoms with Crippen LogP contribution in [0.4, 0.5) is 4.79 Å². The summed E-state index contributed by atoms with van der Waals surface area (Å²) in [5.74, 6) is 0.0616. The molecule has 1 aliphatic heterocycles. The first-order valence-electron chi connectivity index (χ1n) is 8.55. The summed E-state index contributed by atoms with van der Waals surface area (Å²) >= 11 is 0. The van der Waals surface area contributed by atoms with Gasteiger partial charge in [-0.15, -0.1) is 0 Å². The molecule has 138 valence electrons. The molecule has 0 saturated carbocycles. The van der Waals surface area contributed by atoms with E-state index in [2.05, 4.69) is 4.90 Å². The molecule has 2 rings (SSSR count). The van der Waals surface area contributed by atoms with Crippen LogP contribution in [-0.2, 0) is 16.0 Å². The lowest BCUT2D eigenvalue weighted by molar-refractivity contribution is -0.148. The van der Waals surface area contributed by atoms with Crippen LogP contribution >= 0.6 is 0 Å². The summed E-state index contributed by atoms with van der Waals surface area (Å²) in [4.78, 5) is 27.7. The van der Waals surface area contributed by atoms with Crippen molar-refractivity contribution in [3.63, 3.8) is 0 Å². The summed E-state index contributed by atoms with van der Waals surface area (Å²) in [6.07, 6.45) is -0.147. The fourth-order valence-corrected chi connectivity index (χ4v) is 2.50. The number of amides is 1. The number of esters is 1. The van der Waals surface area contributed by atoms with Gasteiger partial charge < -0.3 is 25.0 Å². The Balaban J connectivity index is 1.85. The quantitative estimate of drug-likeness (QED) is 0.806. The zero-order valence-corrected chi connectivity index (χ0v) is 15.1. The lowest BCUT2D eigenvalue weighted by atomic mass is 10.1. The summed E-state index contributed by atoms with van der Waals surface area (Å²) in [5.41, 5.74) is 6.74. The third kappa shape index (κ3) is 6.03. The maximum absolute atomic E-state index is 12.1. The normalized spacial score (nSPS) is 16.6. The number of likely N-dealkylation sites (N-methyl/N-ethyl adjacent to an activating group) is 1. The van der Waals surface area contributed by atoms with Crippen molar-refractivity contribution in [2.24, 2.45) is 5.73 Å². The van der Waals surface area contributed by atoms with E-state index in [9.17, 15) is 9.59 Å². The maximum Gasteiger partial charge on any atom is 0.415 e. The van der Waals surface area contributed by atoms with Crippen LogP contribution in [0.2, 0.25) is 0 Å². The molecular weight excluding hydrogens is 322 g/mol. The van der Waals surface area contributed by atoms with E-state index in [1.54, 1.807) is 43.0 Å². The molecule has 1 unspecified atom stereocenters. The Bertz CT molecular complexity index is 580. The Morgan fingerprint density at radius 1 is 1.12 bits per heavy atom. The lowest BCUT2D eigenvalue weighted by Gasteiger charge is -2.31. The Morgan fingerprint density at radius 2 is 1.72 bits per heavy atom. The number of carbonyl (C=O) groups excluding carboxylic acids is 2. The Morgan fingerprint density at radius 3 is 2.28 bits per heavy atom. The van der Waals surface area contributed by atoms with Gasteiger partial charge >= 0.3 is 12.1 Å². The predicted octanol–water partition coefficient (Wildman–Crippen LogP) is 1.25. The average Bonchev–Trinajstić information content (AvgIpc) is 2.56. The lowest BCUT2D eigenvalue weighted by Crippen LogP contribution is -2.48. The van der Waals surface area contributed by atoms with Gasteiger partial charge in [-0.2, -0.15) is 0 Å². The summed E-state index contributed by atoms with van der Waals surface area (Å²) < 4.78 is 10.5. The van der Waals surface area contributed by atoms with E-state index in [4.69, 9.17) is 15.2 Å². The van der Waals surface area contributed by atoms with E-state index in [0.717, 1.165) is 18.7 Å². The number of hydrogen-bond donors (Lipinski definition) is 1. The first kappa shape index (κ1) is 19.2. The van der Waals surface area contributed by atoms with E-state index < -0.39 is 12.0 Å². The molecule has 1 saturated heterocycles. The first-order chi connectivity index (χ1) is 11.8. The number of piperazine rings is 1. The predicted molar refractivity (Wildman–Crippen MR) is 94.4 cm³/mol. The molecule has 0 bridgehead atoms. The topological polar surface area (TPSA) is 85.1 Å². The van der Waals surface area contributed by atoms with Gasteiger partial charge in [0, 0.05) is 26.2 Å². The molecule has 2 N–H and O–H groups in total.